The van der Waals surface area contributed by atoms with Gasteiger partial charge in [0, 0.05) is 0 Å². The molecular formula is C52H53Cl2SiZr. The predicted molar refractivity (Wildman–Crippen MR) is 246 cm³/mol. The molecule has 8 rings (SSSR count). The van der Waals surface area contributed by atoms with E-state index in [1.165, 1.54) is 77.9 Å². The van der Waals surface area contributed by atoms with E-state index in [0.717, 1.165) is 12.8 Å². The summed E-state index contributed by atoms with van der Waals surface area (Å²) in [5, 5.41) is 0. The summed E-state index contributed by atoms with van der Waals surface area (Å²) < 4.78 is -0.165. The average molecular weight is 868 g/mol. The van der Waals surface area contributed by atoms with Crippen LogP contribution in [0.5, 0.6) is 0 Å². The molecule has 0 amide bonds. The van der Waals surface area contributed by atoms with Gasteiger partial charge in [0.25, 0.3) is 0 Å². The van der Waals surface area contributed by atoms with Crippen molar-refractivity contribution in [3.8, 4) is 22.3 Å². The molecule has 56 heavy (non-hydrogen) atoms. The van der Waals surface area contributed by atoms with Crippen molar-refractivity contribution in [1.82, 2.24) is 0 Å². The molecule has 6 aromatic rings. The van der Waals surface area contributed by atoms with Gasteiger partial charge in [-0.05, 0) is 0 Å². The van der Waals surface area contributed by atoms with Gasteiger partial charge in [-0.25, -0.2) is 0 Å². The predicted octanol–water partition coefficient (Wildman–Crippen LogP) is 15.3. The third kappa shape index (κ3) is 6.83. The van der Waals surface area contributed by atoms with Crippen LogP contribution in [0.4, 0.5) is 0 Å². The standard InChI is InChI=1S/2C25H23.C2H7Si.2ClH.Zr/c2*1-18(2)15-20-11-6-7-13-23(20)24-14-8-12-21-16-22(17-25(21)24)19-9-4-3-5-10-19;1-3-2;;;/h2*3-14,16-18H,15H2,1-2H3;3H,1-2H3;2*1H;/q;;;;;+2/p-2. The Morgan fingerprint density at radius 2 is 0.821 bits per heavy atom. The molecule has 2 unspecified atom stereocenters. The van der Waals surface area contributed by atoms with Gasteiger partial charge in [0.15, 0.2) is 0 Å². The minimum atomic E-state index is -5.22. The fourth-order valence-electron chi connectivity index (χ4n) is 9.86. The van der Waals surface area contributed by atoms with Crippen LogP contribution in [0, 0.1) is 11.8 Å². The fourth-order valence-corrected chi connectivity index (χ4v) is 40.0. The van der Waals surface area contributed by atoms with E-state index >= 15 is 0 Å². The third-order valence-corrected chi connectivity index (χ3v) is 64.0. The number of allylic oxidation sites excluding steroid dienone is 2. The molecule has 4 heteroatoms. The van der Waals surface area contributed by atoms with Crippen LogP contribution in [0.25, 0.3) is 45.6 Å². The second-order valence-electron chi connectivity index (χ2n) is 17.3. The zero-order valence-electron chi connectivity index (χ0n) is 33.6. The zero-order chi connectivity index (χ0) is 39.2. The van der Waals surface area contributed by atoms with Gasteiger partial charge in [-0.3, -0.25) is 0 Å². The first kappa shape index (κ1) is 39.3. The molecule has 0 nitrogen and oxygen atoms in total. The molecule has 2 aliphatic carbocycles. The van der Waals surface area contributed by atoms with Crippen LogP contribution in [0.2, 0.25) is 13.1 Å². The van der Waals surface area contributed by atoms with E-state index in [1.54, 1.807) is 0 Å². The first-order valence-electron chi connectivity index (χ1n) is 20.5. The van der Waals surface area contributed by atoms with Crippen LogP contribution in [0.15, 0.2) is 146 Å². The Hall–Kier alpha value is -3.52. The second-order valence-corrected chi connectivity index (χ2v) is 59.8. The van der Waals surface area contributed by atoms with Crippen molar-refractivity contribution in [2.45, 2.75) is 60.9 Å². The number of rotatable bonds is 11. The van der Waals surface area contributed by atoms with Gasteiger partial charge in [-0.2, -0.15) is 0 Å². The molecule has 0 heterocycles. The summed E-state index contributed by atoms with van der Waals surface area (Å²) in [6, 6.07) is 53.8. The van der Waals surface area contributed by atoms with E-state index < -0.39 is 21.5 Å². The number of benzene rings is 6. The summed E-state index contributed by atoms with van der Waals surface area (Å²) in [6.45, 7) is 14.1. The second kappa shape index (κ2) is 15.7. The van der Waals surface area contributed by atoms with Gasteiger partial charge in [-0.15, -0.1) is 0 Å². The Balaban J connectivity index is 1.41. The van der Waals surface area contributed by atoms with Crippen LogP contribution < -0.4 is 0 Å². The van der Waals surface area contributed by atoms with Crippen LogP contribution in [-0.4, -0.2) is 5.92 Å². The molecule has 2 aliphatic rings. The van der Waals surface area contributed by atoms with Crippen molar-refractivity contribution >= 4 is 46.2 Å². The van der Waals surface area contributed by atoms with Crippen molar-refractivity contribution < 1.29 is 15.6 Å². The third-order valence-electron chi connectivity index (χ3n) is 12.4. The topological polar surface area (TPSA) is 0 Å². The van der Waals surface area contributed by atoms with Gasteiger partial charge in [-0.1, -0.05) is 0 Å². The zero-order valence-corrected chi connectivity index (χ0v) is 38.7. The molecule has 0 aliphatic heterocycles. The van der Waals surface area contributed by atoms with E-state index in [9.17, 15) is 0 Å². The minimum absolute atomic E-state index is 0.0824. The maximum absolute atomic E-state index is 9.04. The summed E-state index contributed by atoms with van der Waals surface area (Å²) in [7, 11) is 18.1. The Bertz CT molecular complexity index is 2290. The van der Waals surface area contributed by atoms with E-state index in [-0.39, 0.29) is 7.25 Å². The molecule has 283 valence electrons. The van der Waals surface area contributed by atoms with Gasteiger partial charge in [0.05, 0.1) is 0 Å². The fraction of sp³-hybridized carbons (Fsp3) is 0.231. The van der Waals surface area contributed by atoms with Crippen LogP contribution in [0.3, 0.4) is 0 Å². The van der Waals surface area contributed by atoms with E-state index in [1.807, 2.05) is 0 Å². The van der Waals surface area contributed by atoms with Gasteiger partial charge in [0.1, 0.15) is 0 Å². The molecule has 6 aromatic carbocycles. The van der Waals surface area contributed by atoms with Crippen molar-refractivity contribution in [3.63, 3.8) is 0 Å². The van der Waals surface area contributed by atoms with Crippen molar-refractivity contribution in [2.75, 3.05) is 0 Å². The van der Waals surface area contributed by atoms with Crippen LogP contribution in [-0.2, 0) is 28.4 Å². The Labute approximate surface area is 344 Å². The first-order valence-corrected chi connectivity index (χ1v) is 36.8. The quantitative estimate of drug-likeness (QED) is 0.114. The molecule has 0 bridgehead atoms. The molecule has 0 fully saturated rings. The van der Waals surface area contributed by atoms with E-state index in [2.05, 4.69) is 199 Å². The SMILES string of the molecule is CC(C)Cc1ccccc1-c1cccc2c1C=C(c1ccccc1)[CH]2[Zr]([Cl])([Cl])([CH]1C(c2ccccc2)=Cc2c(-c3ccccc3CC(C)C)cccc21)[SiH](C)C. The van der Waals surface area contributed by atoms with Crippen molar-refractivity contribution in [1.29, 1.82) is 0 Å². The average Bonchev–Trinajstić information content (AvgIpc) is 3.80. The summed E-state index contributed by atoms with van der Waals surface area (Å²) in [5.74, 6) is -0.743. The monoisotopic (exact) mass is 865 g/mol. The summed E-state index contributed by atoms with van der Waals surface area (Å²) in [5.41, 5.74) is 18.1. The number of halogens is 2. The number of hydrogen-bond acceptors (Lipinski definition) is 0. The van der Waals surface area contributed by atoms with Gasteiger partial charge >= 0.3 is 347 Å². The Kier molecular flexibility index (Phi) is 11.0. The van der Waals surface area contributed by atoms with E-state index in [4.69, 9.17) is 17.0 Å². The van der Waals surface area contributed by atoms with Crippen molar-refractivity contribution in [2.24, 2.45) is 11.8 Å². The van der Waals surface area contributed by atoms with Gasteiger partial charge in [0.2, 0.25) is 0 Å². The van der Waals surface area contributed by atoms with Gasteiger partial charge < -0.3 is 0 Å². The molecule has 0 saturated carbocycles. The van der Waals surface area contributed by atoms with Crippen molar-refractivity contribution in [3.05, 3.63) is 190 Å². The molecule has 0 saturated heterocycles. The first-order chi connectivity index (χ1) is 27.0. The van der Waals surface area contributed by atoms with Crippen LogP contribution in [0.1, 0.15) is 79.5 Å². The molecule has 0 aromatic heterocycles. The Morgan fingerprint density at radius 1 is 0.464 bits per heavy atom. The summed E-state index contributed by atoms with van der Waals surface area (Å²) in [4.78, 5) is 0. The van der Waals surface area contributed by atoms with E-state index in [0.29, 0.717) is 11.8 Å². The van der Waals surface area contributed by atoms with Crippen LogP contribution >= 0.6 is 17.0 Å². The molecule has 0 N–H and O–H groups in total. The maximum atomic E-state index is 9.04. The summed E-state index contributed by atoms with van der Waals surface area (Å²) in [6.07, 6.45) is 7.01. The molecule has 0 radical (unpaired) electrons. The number of fused-ring (bicyclic) bond motifs is 2. The Morgan fingerprint density at radius 3 is 1.20 bits per heavy atom. The molecule has 2 atom stereocenters. The molecular weight excluding hydrogens is 815 g/mol. The number of hydrogen-bond donors (Lipinski definition) is 0. The normalized spacial score (nSPS) is 17.1. The summed E-state index contributed by atoms with van der Waals surface area (Å²) >= 11 is -5.22. The molecule has 0 spiro atoms.